The second-order valence-corrected chi connectivity index (χ2v) is 7.15. The lowest BCUT2D eigenvalue weighted by Gasteiger charge is -2.25. The van der Waals surface area contributed by atoms with Crippen LogP contribution in [0.5, 0.6) is 0 Å². The average Bonchev–Trinajstić information content (AvgIpc) is 3.04. The highest BCUT2D eigenvalue weighted by molar-refractivity contribution is 6.34. The van der Waals surface area contributed by atoms with Gasteiger partial charge in [0.1, 0.15) is 0 Å². The Morgan fingerprint density at radius 2 is 1.71 bits per heavy atom. The lowest BCUT2D eigenvalue weighted by Crippen LogP contribution is -2.39. The van der Waals surface area contributed by atoms with E-state index < -0.39 is 29.0 Å². The lowest BCUT2D eigenvalue weighted by atomic mass is 9.73. The van der Waals surface area contributed by atoms with Gasteiger partial charge in [-0.05, 0) is 32.0 Å². The van der Waals surface area contributed by atoms with Gasteiger partial charge in [0.15, 0.2) is 0 Å². The summed E-state index contributed by atoms with van der Waals surface area (Å²) in [7, 11) is 0. The first-order chi connectivity index (χ1) is 11.2. The van der Waals surface area contributed by atoms with Crippen LogP contribution < -0.4 is 4.90 Å². The minimum absolute atomic E-state index is 0.0505. The van der Waals surface area contributed by atoms with Crippen LogP contribution in [0.15, 0.2) is 30.4 Å². The normalized spacial score (nSPS) is 36.5. The molecule has 0 aliphatic carbocycles. The summed E-state index contributed by atoms with van der Waals surface area (Å²) in [6.07, 6.45) is 3.65. The maximum Gasteiger partial charge on any atom is 0.337 e. The number of hydrogen-bond acceptors (Lipinski definition) is 4. The van der Waals surface area contributed by atoms with Gasteiger partial charge in [0.25, 0.3) is 0 Å². The number of carboxylic acid groups (broad SMARTS) is 1. The number of rotatable bonds is 2. The molecule has 0 unspecified atom stereocenters. The zero-order chi connectivity index (χ0) is 17.4. The van der Waals surface area contributed by atoms with Gasteiger partial charge in [0, 0.05) is 0 Å². The SMILES string of the molecule is C[C@@]12C=C[C@](C)(O1)[C@H]1C(=O)N(c3ccc(Cl)c(C(=O)O)c3)C(=O)[C@@H]12. The Balaban J connectivity index is 1.80. The molecule has 2 fully saturated rings. The van der Waals surface area contributed by atoms with Crippen molar-refractivity contribution in [2.75, 3.05) is 4.90 Å². The predicted octanol–water partition coefficient (Wildman–Crippen LogP) is 2.26. The van der Waals surface area contributed by atoms with Crippen molar-refractivity contribution in [3.05, 3.63) is 40.9 Å². The molecule has 2 amide bonds. The molecule has 3 aliphatic rings. The molecule has 1 aromatic carbocycles. The number of carboxylic acids is 1. The van der Waals surface area contributed by atoms with Crippen LogP contribution in [0.4, 0.5) is 5.69 Å². The van der Waals surface area contributed by atoms with E-state index in [0.717, 1.165) is 4.90 Å². The van der Waals surface area contributed by atoms with E-state index in [0.29, 0.717) is 0 Å². The summed E-state index contributed by atoms with van der Waals surface area (Å²) in [6, 6.07) is 4.11. The van der Waals surface area contributed by atoms with Crippen molar-refractivity contribution in [1.82, 2.24) is 0 Å². The van der Waals surface area contributed by atoms with Gasteiger partial charge in [0.05, 0.1) is 39.3 Å². The van der Waals surface area contributed by atoms with E-state index in [1.807, 2.05) is 12.2 Å². The molecule has 1 N–H and O–H groups in total. The van der Waals surface area contributed by atoms with E-state index in [4.69, 9.17) is 16.3 Å². The van der Waals surface area contributed by atoms with Gasteiger partial charge in [-0.2, -0.15) is 0 Å². The summed E-state index contributed by atoms with van der Waals surface area (Å²) in [5, 5.41) is 9.25. The Morgan fingerprint density at radius 3 is 2.21 bits per heavy atom. The van der Waals surface area contributed by atoms with Crippen LogP contribution in [0.3, 0.4) is 0 Å². The number of hydrogen-bond donors (Lipinski definition) is 1. The first-order valence-corrected chi connectivity index (χ1v) is 7.87. The fourth-order valence-corrected chi connectivity index (χ4v) is 4.30. The van der Waals surface area contributed by atoms with Crippen LogP contribution in [0, 0.1) is 11.8 Å². The molecule has 4 rings (SSSR count). The number of anilines is 1. The van der Waals surface area contributed by atoms with Crippen molar-refractivity contribution < 1.29 is 24.2 Å². The lowest BCUT2D eigenvalue weighted by molar-refractivity contribution is -0.128. The van der Waals surface area contributed by atoms with Crippen molar-refractivity contribution in [3.63, 3.8) is 0 Å². The van der Waals surface area contributed by atoms with Gasteiger partial charge < -0.3 is 9.84 Å². The molecule has 0 spiro atoms. The van der Waals surface area contributed by atoms with Crippen molar-refractivity contribution >= 4 is 35.1 Å². The number of amides is 2. The molecule has 6 nitrogen and oxygen atoms in total. The molecule has 0 aromatic heterocycles. The predicted molar refractivity (Wildman–Crippen MR) is 84.9 cm³/mol. The highest BCUT2D eigenvalue weighted by Gasteiger charge is 2.70. The van der Waals surface area contributed by atoms with E-state index in [1.165, 1.54) is 18.2 Å². The summed E-state index contributed by atoms with van der Waals surface area (Å²) in [5.41, 5.74) is -1.57. The number of nitrogens with zero attached hydrogens (tertiary/aromatic N) is 1. The molecule has 24 heavy (non-hydrogen) atoms. The Kier molecular flexibility index (Phi) is 2.85. The third kappa shape index (κ3) is 1.72. The van der Waals surface area contributed by atoms with Gasteiger partial charge in [-0.15, -0.1) is 0 Å². The highest BCUT2D eigenvalue weighted by Crippen LogP contribution is 2.57. The smallest absolute Gasteiger partial charge is 0.337 e. The fourth-order valence-electron chi connectivity index (χ4n) is 4.10. The first kappa shape index (κ1) is 15.4. The van der Waals surface area contributed by atoms with Crippen LogP contribution in [0.2, 0.25) is 5.02 Å². The molecule has 4 atom stereocenters. The van der Waals surface area contributed by atoms with E-state index in [-0.39, 0.29) is 28.1 Å². The Bertz CT molecular complexity index is 813. The molecule has 1 aromatic rings. The Morgan fingerprint density at radius 1 is 1.17 bits per heavy atom. The van der Waals surface area contributed by atoms with Crippen LogP contribution in [-0.2, 0) is 14.3 Å². The maximum atomic E-state index is 12.9. The van der Waals surface area contributed by atoms with Gasteiger partial charge in [-0.3, -0.25) is 9.59 Å². The summed E-state index contributed by atoms with van der Waals surface area (Å²) in [6.45, 7) is 3.58. The minimum Gasteiger partial charge on any atom is -0.478 e. The standard InChI is InChI=1S/C17H14ClNO5/c1-16-5-6-17(2,24-16)12-11(16)13(20)19(14(12)21)8-3-4-10(18)9(7-8)15(22)23/h3-7,11-12H,1-2H3,(H,22,23)/t11-,12-,16+,17+/m1/s1. The molecule has 124 valence electrons. The molecule has 3 aliphatic heterocycles. The minimum atomic E-state index is -1.22. The van der Waals surface area contributed by atoms with E-state index in [1.54, 1.807) is 13.8 Å². The average molecular weight is 348 g/mol. The molecule has 2 saturated heterocycles. The Hall–Kier alpha value is -2.18. The number of fused-ring (bicyclic) bond motifs is 5. The van der Waals surface area contributed by atoms with Gasteiger partial charge in [-0.1, -0.05) is 23.8 Å². The number of imide groups is 1. The molecule has 2 bridgehead atoms. The number of halogens is 1. The largest absolute Gasteiger partial charge is 0.478 e. The van der Waals surface area contributed by atoms with Gasteiger partial charge >= 0.3 is 5.97 Å². The van der Waals surface area contributed by atoms with Crippen LogP contribution >= 0.6 is 11.6 Å². The zero-order valence-corrected chi connectivity index (χ0v) is 13.7. The van der Waals surface area contributed by atoms with E-state index >= 15 is 0 Å². The third-order valence-corrected chi connectivity index (χ3v) is 5.49. The Labute approximate surface area is 142 Å². The van der Waals surface area contributed by atoms with Gasteiger partial charge in [0.2, 0.25) is 11.8 Å². The summed E-state index contributed by atoms with van der Waals surface area (Å²) >= 11 is 5.87. The quantitative estimate of drug-likeness (QED) is 0.655. The third-order valence-electron chi connectivity index (χ3n) is 5.16. The second kappa shape index (κ2) is 4.46. The van der Waals surface area contributed by atoms with E-state index in [9.17, 15) is 19.5 Å². The molecule has 0 radical (unpaired) electrons. The second-order valence-electron chi connectivity index (χ2n) is 6.74. The van der Waals surface area contributed by atoms with Crippen LogP contribution in [0.1, 0.15) is 24.2 Å². The summed E-state index contributed by atoms with van der Waals surface area (Å²) in [4.78, 5) is 38.1. The fraction of sp³-hybridized carbons (Fsp3) is 0.353. The number of aromatic carboxylic acids is 1. The number of carbonyl (C=O) groups is 3. The monoisotopic (exact) mass is 347 g/mol. The molecule has 7 heteroatoms. The maximum absolute atomic E-state index is 12.9. The van der Waals surface area contributed by atoms with Crippen LogP contribution in [0.25, 0.3) is 0 Å². The van der Waals surface area contributed by atoms with E-state index in [2.05, 4.69) is 0 Å². The van der Waals surface area contributed by atoms with Crippen molar-refractivity contribution in [3.8, 4) is 0 Å². The molecule has 3 heterocycles. The number of ether oxygens (including phenoxy) is 1. The van der Waals surface area contributed by atoms with Crippen LogP contribution in [-0.4, -0.2) is 34.1 Å². The molecular weight excluding hydrogens is 334 g/mol. The topological polar surface area (TPSA) is 83.9 Å². The van der Waals surface area contributed by atoms with Gasteiger partial charge in [-0.25, -0.2) is 9.69 Å². The van der Waals surface area contributed by atoms with Crippen molar-refractivity contribution in [1.29, 1.82) is 0 Å². The van der Waals surface area contributed by atoms with Crippen molar-refractivity contribution in [2.45, 2.75) is 25.0 Å². The molecular formula is C17H14ClNO5. The van der Waals surface area contributed by atoms with Crippen molar-refractivity contribution in [2.24, 2.45) is 11.8 Å². The summed E-state index contributed by atoms with van der Waals surface area (Å²) in [5.74, 6) is -3.18. The number of carbonyl (C=O) groups excluding carboxylic acids is 2. The highest BCUT2D eigenvalue weighted by atomic mass is 35.5. The molecule has 0 saturated carbocycles. The summed E-state index contributed by atoms with van der Waals surface area (Å²) < 4.78 is 5.93. The number of benzene rings is 1. The first-order valence-electron chi connectivity index (χ1n) is 7.49. The zero-order valence-electron chi connectivity index (χ0n) is 12.9.